The zero-order chi connectivity index (χ0) is 18.5. The van der Waals surface area contributed by atoms with E-state index < -0.39 is 10.0 Å². The van der Waals surface area contributed by atoms with Gasteiger partial charge in [-0.2, -0.15) is 4.31 Å². The van der Waals surface area contributed by atoms with Crippen LogP contribution in [0.2, 0.25) is 0 Å². The van der Waals surface area contributed by atoms with Gasteiger partial charge in [0, 0.05) is 30.2 Å². The van der Waals surface area contributed by atoms with Gasteiger partial charge in [0.25, 0.3) is 0 Å². The van der Waals surface area contributed by atoms with E-state index in [4.69, 9.17) is 4.74 Å². The van der Waals surface area contributed by atoms with E-state index in [0.29, 0.717) is 23.7 Å². The predicted octanol–water partition coefficient (Wildman–Crippen LogP) is 3.24. The second-order valence-electron chi connectivity index (χ2n) is 6.72. The second kappa shape index (κ2) is 6.14. The maximum Gasteiger partial charge on any atom is 0.243 e. The minimum Gasteiger partial charge on any atom is -0.496 e. The number of methoxy groups -OCH3 is 1. The smallest absolute Gasteiger partial charge is 0.243 e. The van der Waals surface area contributed by atoms with Gasteiger partial charge < -0.3 is 9.30 Å². The topological polar surface area (TPSA) is 51.5 Å². The molecular formula is C20H22N2O3S. The van der Waals surface area contributed by atoms with E-state index in [-0.39, 0.29) is 0 Å². The van der Waals surface area contributed by atoms with Gasteiger partial charge in [0.1, 0.15) is 5.75 Å². The molecule has 0 unspecified atom stereocenters. The molecule has 1 aliphatic heterocycles. The van der Waals surface area contributed by atoms with Gasteiger partial charge in [0.05, 0.1) is 18.6 Å². The zero-order valence-corrected chi connectivity index (χ0v) is 16.0. The van der Waals surface area contributed by atoms with Crippen molar-refractivity contribution in [2.75, 3.05) is 13.7 Å². The summed E-state index contributed by atoms with van der Waals surface area (Å²) in [4.78, 5) is 0.318. The third-order valence-corrected chi connectivity index (χ3v) is 7.13. The van der Waals surface area contributed by atoms with E-state index in [0.717, 1.165) is 23.2 Å². The molecule has 0 aliphatic carbocycles. The van der Waals surface area contributed by atoms with Gasteiger partial charge in [-0.1, -0.05) is 18.2 Å². The Kier molecular flexibility index (Phi) is 4.04. The number of para-hydroxylation sites is 1. The average Bonchev–Trinajstić information content (AvgIpc) is 2.94. The molecule has 4 rings (SSSR count). The summed E-state index contributed by atoms with van der Waals surface area (Å²) < 4.78 is 35.2. The van der Waals surface area contributed by atoms with Crippen molar-refractivity contribution in [1.29, 1.82) is 0 Å². The lowest BCUT2D eigenvalue weighted by Gasteiger charge is -2.27. The Bertz CT molecular complexity index is 1100. The van der Waals surface area contributed by atoms with Crippen LogP contribution in [0, 0.1) is 6.92 Å². The monoisotopic (exact) mass is 370 g/mol. The molecule has 0 fully saturated rings. The summed E-state index contributed by atoms with van der Waals surface area (Å²) in [5.74, 6) is 0.693. The van der Waals surface area contributed by atoms with Crippen LogP contribution in [0.25, 0.3) is 10.9 Å². The summed E-state index contributed by atoms with van der Waals surface area (Å²) in [7, 11) is 0.0528. The maximum absolute atomic E-state index is 13.2. The molecular weight excluding hydrogens is 348 g/mol. The van der Waals surface area contributed by atoms with Crippen molar-refractivity contribution in [3.05, 3.63) is 59.3 Å². The number of aromatic nitrogens is 1. The van der Waals surface area contributed by atoms with Crippen molar-refractivity contribution in [2.45, 2.75) is 24.8 Å². The van der Waals surface area contributed by atoms with Crippen molar-refractivity contribution in [3.8, 4) is 5.75 Å². The van der Waals surface area contributed by atoms with E-state index in [9.17, 15) is 8.42 Å². The molecule has 6 heteroatoms. The molecule has 0 amide bonds. The highest BCUT2D eigenvalue weighted by Gasteiger charge is 2.31. The van der Waals surface area contributed by atoms with Gasteiger partial charge in [-0.05, 0) is 48.7 Å². The number of aryl methyl sites for hydroxylation is 2. The van der Waals surface area contributed by atoms with Crippen molar-refractivity contribution < 1.29 is 13.2 Å². The first-order valence-corrected chi connectivity index (χ1v) is 10.1. The summed E-state index contributed by atoms with van der Waals surface area (Å²) in [6.07, 6.45) is 0.727. The van der Waals surface area contributed by atoms with Gasteiger partial charge in [-0.25, -0.2) is 8.42 Å². The molecule has 1 aromatic heterocycles. The van der Waals surface area contributed by atoms with Gasteiger partial charge in [0.15, 0.2) is 0 Å². The van der Waals surface area contributed by atoms with E-state index >= 15 is 0 Å². The molecule has 26 heavy (non-hydrogen) atoms. The van der Waals surface area contributed by atoms with Gasteiger partial charge in [0.2, 0.25) is 10.0 Å². The first-order chi connectivity index (χ1) is 12.4. The van der Waals surface area contributed by atoms with Crippen LogP contribution in [-0.4, -0.2) is 30.9 Å². The SMILES string of the molecule is COc1ccc(S(=O)(=O)N2CCc3c(n(C)c4ccccc34)C2)cc1C. The Morgan fingerprint density at radius 2 is 1.88 bits per heavy atom. The lowest BCUT2D eigenvalue weighted by molar-refractivity contribution is 0.382. The van der Waals surface area contributed by atoms with Crippen LogP contribution in [0.1, 0.15) is 16.8 Å². The van der Waals surface area contributed by atoms with Crippen LogP contribution >= 0.6 is 0 Å². The Balaban J connectivity index is 1.73. The number of hydrogen-bond acceptors (Lipinski definition) is 3. The van der Waals surface area contributed by atoms with Crippen LogP contribution in [0.4, 0.5) is 0 Å². The summed E-state index contributed by atoms with van der Waals surface area (Å²) in [6.45, 7) is 2.75. The molecule has 0 saturated carbocycles. The van der Waals surface area contributed by atoms with Crippen molar-refractivity contribution >= 4 is 20.9 Å². The Morgan fingerprint density at radius 1 is 1.12 bits per heavy atom. The van der Waals surface area contributed by atoms with E-state index in [1.807, 2.05) is 26.1 Å². The van der Waals surface area contributed by atoms with Crippen molar-refractivity contribution in [2.24, 2.45) is 7.05 Å². The lowest BCUT2D eigenvalue weighted by atomic mass is 10.1. The highest BCUT2D eigenvalue weighted by Crippen LogP contribution is 2.32. The standard InChI is InChI=1S/C20H22N2O3S/c1-14-12-15(8-9-20(14)25-3)26(23,24)22-11-10-17-16-6-4-5-7-18(16)21(2)19(17)13-22/h4-9,12H,10-11,13H2,1-3H3. The number of benzene rings is 2. The number of sulfonamides is 1. The van der Waals surface area contributed by atoms with E-state index in [2.05, 4.69) is 16.7 Å². The molecule has 5 nitrogen and oxygen atoms in total. The molecule has 2 heterocycles. The fourth-order valence-corrected chi connectivity index (χ4v) is 5.34. The summed E-state index contributed by atoms with van der Waals surface area (Å²) in [5.41, 5.74) is 4.31. The summed E-state index contributed by atoms with van der Waals surface area (Å²) in [5, 5.41) is 1.22. The third-order valence-electron chi connectivity index (χ3n) is 5.29. The third kappa shape index (κ3) is 2.52. The molecule has 136 valence electrons. The fraction of sp³-hybridized carbons (Fsp3) is 0.300. The number of rotatable bonds is 3. The molecule has 2 aromatic carbocycles. The lowest BCUT2D eigenvalue weighted by Crippen LogP contribution is -2.36. The predicted molar refractivity (Wildman–Crippen MR) is 102 cm³/mol. The first-order valence-electron chi connectivity index (χ1n) is 8.63. The Labute approximate surface area is 153 Å². The van der Waals surface area contributed by atoms with Crippen molar-refractivity contribution in [3.63, 3.8) is 0 Å². The Morgan fingerprint density at radius 3 is 2.62 bits per heavy atom. The second-order valence-corrected chi connectivity index (χ2v) is 8.66. The van der Waals surface area contributed by atoms with Gasteiger partial charge in [-0.15, -0.1) is 0 Å². The number of ether oxygens (including phenoxy) is 1. The largest absolute Gasteiger partial charge is 0.496 e. The minimum absolute atomic E-state index is 0.318. The quantitative estimate of drug-likeness (QED) is 0.711. The molecule has 0 radical (unpaired) electrons. The Hall–Kier alpha value is -2.31. The molecule has 0 spiro atoms. The summed E-state index contributed by atoms with van der Waals surface area (Å²) >= 11 is 0. The van der Waals surface area contributed by atoms with E-state index in [1.54, 1.807) is 29.6 Å². The maximum atomic E-state index is 13.2. The van der Waals surface area contributed by atoms with Crippen LogP contribution in [-0.2, 0) is 30.0 Å². The van der Waals surface area contributed by atoms with Crippen LogP contribution in [0.5, 0.6) is 5.75 Å². The number of fused-ring (bicyclic) bond motifs is 3. The average molecular weight is 370 g/mol. The summed E-state index contributed by atoms with van der Waals surface area (Å²) in [6, 6.07) is 13.3. The minimum atomic E-state index is -3.54. The van der Waals surface area contributed by atoms with Crippen LogP contribution in [0.3, 0.4) is 0 Å². The number of hydrogen-bond donors (Lipinski definition) is 0. The van der Waals surface area contributed by atoms with Crippen LogP contribution in [0.15, 0.2) is 47.4 Å². The van der Waals surface area contributed by atoms with Crippen LogP contribution < -0.4 is 4.74 Å². The normalized spacial score (nSPS) is 15.2. The highest BCUT2D eigenvalue weighted by molar-refractivity contribution is 7.89. The molecule has 0 atom stereocenters. The molecule has 0 saturated heterocycles. The van der Waals surface area contributed by atoms with Crippen molar-refractivity contribution in [1.82, 2.24) is 8.87 Å². The zero-order valence-electron chi connectivity index (χ0n) is 15.2. The van der Waals surface area contributed by atoms with E-state index in [1.165, 1.54) is 10.9 Å². The highest BCUT2D eigenvalue weighted by atomic mass is 32.2. The van der Waals surface area contributed by atoms with Gasteiger partial charge in [-0.3, -0.25) is 0 Å². The first kappa shape index (κ1) is 17.1. The van der Waals surface area contributed by atoms with Gasteiger partial charge >= 0.3 is 0 Å². The molecule has 0 bridgehead atoms. The molecule has 0 N–H and O–H groups in total. The number of nitrogens with zero attached hydrogens (tertiary/aromatic N) is 2. The molecule has 1 aliphatic rings. The fourth-order valence-electron chi connectivity index (χ4n) is 3.85. The molecule has 3 aromatic rings.